The number of nitrogen functional groups attached to an aromatic ring is 1. The highest BCUT2D eigenvalue weighted by Crippen LogP contribution is 2.49. The summed E-state index contributed by atoms with van der Waals surface area (Å²) in [6.45, 7) is 0.129. The number of sulfonamides is 1. The van der Waals surface area contributed by atoms with Crippen molar-refractivity contribution in [1.82, 2.24) is 14.6 Å². The van der Waals surface area contributed by atoms with Crippen LogP contribution in [-0.2, 0) is 25.3 Å². The van der Waals surface area contributed by atoms with E-state index in [2.05, 4.69) is 5.43 Å². The highest BCUT2D eigenvalue weighted by atomic mass is 32.2. The third-order valence-corrected chi connectivity index (χ3v) is 9.06. The lowest BCUT2D eigenvalue weighted by atomic mass is 10.2. The lowest BCUT2D eigenvalue weighted by Crippen LogP contribution is -2.55. The predicted molar refractivity (Wildman–Crippen MR) is 141 cm³/mol. The van der Waals surface area contributed by atoms with Crippen LogP contribution in [0, 0.1) is 17.6 Å². The van der Waals surface area contributed by atoms with Crippen molar-refractivity contribution < 1.29 is 40.2 Å². The van der Waals surface area contributed by atoms with Crippen LogP contribution < -0.4 is 20.9 Å². The van der Waals surface area contributed by atoms with Crippen LogP contribution in [0.3, 0.4) is 0 Å². The first-order valence-electron chi connectivity index (χ1n) is 12.8. The lowest BCUT2D eigenvalue weighted by molar-refractivity contribution is -0.120. The number of alkyl halides is 2. The number of hydrogen-bond acceptors (Lipinski definition) is 8. The van der Waals surface area contributed by atoms with Crippen LogP contribution in [0.5, 0.6) is 5.75 Å². The number of carbonyl (C=O) groups is 1. The van der Waals surface area contributed by atoms with Gasteiger partial charge in [-0.05, 0) is 29.8 Å². The number of hydrogen-bond donors (Lipinski definition) is 2. The van der Waals surface area contributed by atoms with Gasteiger partial charge < -0.3 is 20.1 Å². The number of ether oxygens (including phenoxy) is 2. The van der Waals surface area contributed by atoms with Crippen LogP contribution in [0.25, 0.3) is 0 Å². The SMILES string of the molecule is COc1cc(CS(=O)(=O)N2CCN(C3=C(OCC4CC4(F)F)C(=O)N(c4cc(F)cc(F)c4)NC3)CC2)ccc1N. The average molecular weight is 600 g/mol. The molecule has 1 amide bonds. The fraction of sp³-hybridized carbons (Fsp3) is 0.423. The van der Waals surface area contributed by atoms with Crippen LogP contribution >= 0.6 is 0 Å². The Morgan fingerprint density at radius 3 is 2.34 bits per heavy atom. The standard InChI is InChI=1S/C26H29F4N5O5S/c1-39-23-8-16(2-3-21(23)31)15-41(37,38)34-6-4-33(5-7-34)22-13-32-35(20-10-18(27)9-19(28)11-20)25(36)24(22)40-14-17-12-26(17,29)30/h2-3,8-11,17,32H,4-7,12-15,31H2,1H3. The number of rotatable bonds is 9. The van der Waals surface area contributed by atoms with Gasteiger partial charge in [-0.1, -0.05) is 6.07 Å². The smallest absolute Gasteiger partial charge is 0.309 e. The van der Waals surface area contributed by atoms with E-state index in [1.54, 1.807) is 23.1 Å². The Balaban J connectivity index is 1.32. The maximum Gasteiger partial charge on any atom is 0.309 e. The molecule has 2 aromatic carbocycles. The van der Waals surface area contributed by atoms with Crippen molar-refractivity contribution in [3.05, 3.63) is 65.1 Å². The van der Waals surface area contributed by atoms with Crippen molar-refractivity contribution in [3.63, 3.8) is 0 Å². The quantitative estimate of drug-likeness (QED) is 0.334. The van der Waals surface area contributed by atoms with Gasteiger partial charge in [-0.15, -0.1) is 0 Å². The molecule has 41 heavy (non-hydrogen) atoms. The topological polar surface area (TPSA) is 117 Å². The zero-order valence-electron chi connectivity index (χ0n) is 22.1. The van der Waals surface area contributed by atoms with Gasteiger partial charge in [-0.25, -0.2) is 36.4 Å². The van der Waals surface area contributed by atoms with Crippen molar-refractivity contribution in [1.29, 1.82) is 0 Å². The number of nitrogens with two attached hydrogens (primary N) is 1. The Hall–Kier alpha value is -3.56. The van der Waals surface area contributed by atoms with E-state index >= 15 is 0 Å². The van der Waals surface area contributed by atoms with Crippen LogP contribution in [0.1, 0.15) is 12.0 Å². The second-order valence-corrected chi connectivity index (χ2v) is 12.0. The first-order chi connectivity index (χ1) is 19.4. The van der Waals surface area contributed by atoms with Gasteiger partial charge in [0.1, 0.15) is 17.4 Å². The molecular formula is C26H29F4N5O5S. The number of anilines is 2. The van der Waals surface area contributed by atoms with Gasteiger partial charge in [-0.2, -0.15) is 4.31 Å². The highest BCUT2D eigenvalue weighted by Gasteiger charge is 2.57. The molecule has 1 saturated carbocycles. The Morgan fingerprint density at radius 1 is 1.07 bits per heavy atom. The molecule has 0 bridgehead atoms. The normalized spacial score (nSPS) is 21.3. The molecular weight excluding hydrogens is 570 g/mol. The second kappa shape index (κ2) is 11.0. The van der Waals surface area contributed by atoms with E-state index in [0.29, 0.717) is 28.8 Å². The number of halogens is 4. The Labute approximate surface area is 234 Å². The molecule has 1 saturated heterocycles. The van der Waals surface area contributed by atoms with Crippen molar-refractivity contribution >= 4 is 27.3 Å². The fourth-order valence-electron chi connectivity index (χ4n) is 4.83. The summed E-state index contributed by atoms with van der Waals surface area (Å²) in [6.07, 6.45) is -0.364. The molecule has 1 aliphatic carbocycles. The largest absolute Gasteiger partial charge is 0.495 e. The molecule has 2 heterocycles. The van der Waals surface area contributed by atoms with Crippen molar-refractivity contribution in [2.75, 3.05) is 57.2 Å². The first-order valence-corrected chi connectivity index (χ1v) is 14.4. The van der Waals surface area contributed by atoms with E-state index in [-0.39, 0.29) is 56.3 Å². The molecule has 10 nitrogen and oxygen atoms in total. The Bertz CT molecular complexity index is 1460. The maximum atomic E-state index is 13.8. The van der Waals surface area contributed by atoms with Crippen molar-refractivity contribution in [3.8, 4) is 5.75 Å². The minimum absolute atomic E-state index is 0.0295. The number of piperazine rings is 1. The number of hydrazine groups is 1. The van der Waals surface area contributed by atoms with E-state index in [4.69, 9.17) is 15.2 Å². The van der Waals surface area contributed by atoms with Gasteiger partial charge >= 0.3 is 5.91 Å². The molecule has 3 N–H and O–H groups in total. The number of methoxy groups -OCH3 is 1. The van der Waals surface area contributed by atoms with Crippen LogP contribution in [0.2, 0.25) is 0 Å². The molecule has 222 valence electrons. The van der Waals surface area contributed by atoms with Gasteiger partial charge in [0.05, 0.1) is 49.0 Å². The molecule has 15 heteroatoms. The van der Waals surface area contributed by atoms with Crippen LogP contribution in [0.15, 0.2) is 47.9 Å². The predicted octanol–water partition coefficient (Wildman–Crippen LogP) is 2.44. The monoisotopic (exact) mass is 599 g/mol. The Morgan fingerprint density at radius 2 is 1.73 bits per heavy atom. The third kappa shape index (κ3) is 6.21. The van der Waals surface area contributed by atoms with E-state index in [9.17, 15) is 30.8 Å². The van der Waals surface area contributed by atoms with Crippen LogP contribution in [0.4, 0.5) is 28.9 Å². The van der Waals surface area contributed by atoms with E-state index in [1.807, 2.05) is 0 Å². The zero-order chi connectivity index (χ0) is 29.5. The summed E-state index contributed by atoms with van der Waals surface area (Å²) < 4.78 is 93.1. The number of amides is 1. The highest BCUT2D eigenvalue weighted by molar-refractivity contribution is 7.88. The summed E-state index contributed by atoms with van der Waals surface area (Å²) in [6, 6.07) is 7.30. The molecule has 2 aliphatic heterocycles. The van der Waals surface area contributed by atoms with Gasteiger partial charge in [-0.3, -0.25) is 4.79 Å². The first kappa shape index (κ1) is 29.0. The third-order valence-electron chi connectivity index (χ3n) is 7.21. The number of nitrogens with one attached hydrogen (secondary N) is 1. The molecule has 0 aromatic heterocycles. The number of nitrogens with zero attached hydrogens (tertiary/aromatic N) is 3. The van der Waals surface area contributed by atoms with Gasteiger partial charge in [0.2, 0.25) is 15.8 Å². The molecule has 3 aliphatic rings. The summed E-state index contributed by atoms with van der Waals surface area (Å²) in [5.41, 5.74) is 9.71. The molecule has 1 atom stereocenters. The second-order valence-electron chi connectivity index (χ2n) is 10.1. The van der Waals surface area contributed by atoms with Crippen molar-refractivity contribution in [2.24, 2.45) is 5.92 Å². The fourth-order valence-corrected chi connectivity index (χ4v) is 6.33. The van der Waals surface area contributed by atoms with Crippen LogP contribution in [-0.4, -0.2) is 75.9 Å². The summed E-state index contributed by atoms with van der Waals surface area (Å²) in [4.78, 5) is 15.1. The number of carbonyl (C=O) groups excluding carboxylic acids is 1. The van der Waals surface area contributed by atoms with E-state index in [0.717, 1.165) is 17.1 Å². The maximum absolute atomic E-state index is 13.8. The summed E-state index contributed by atoms with van der Waals surface area (Å²) in [7, 11) is -2.28. The Kier molecular flexibility index (Phi) is 7.78. The number of benzene rings is 2. The summed E-state index contributed by atoms with van der Waals surface area (Å²) in [5.74, 6) is -6.68. The van der Waals surface area contributed by atoms with Gasteiger partial charge in [0.15, 0.2) is 0 Å². The minimum Gasteiger partial charge on any atom is -0.495 e. The minimum atomic E-state index is -3.71. The average Bonchev–Trinajstić information content (AvgIpc) is 3.54. The zero-order valence-corrected chi connectivity index (χ0v) is 22.9. The molecule has 1 unspecified atom stereocenters. The van der Waals surface area contributed by atoms with Gasteiger partial charge in [0, 0.05) is 38.7 Å². The molecule has 2 fully saturated rings. The molecule has 5 rings (SSSR count). The van der Waals surface area contributed by atoms with E-state index in [1.165, 1.54) is 11.4 Å². The summed E-state index contributed by atoms with van der Waals surface area (Å²) in [5, 5.41) is 0.900. The molecule has 2 aromatic rings. The molecule has 0 spiro atoms. The van der Waals surface area contributed by atoms with Crippen molar-refractivity contribution in [2.45, 2.75) is 18.1 Å². The van der Waals surface area contributed by atoms with E-state index < -0.39 is 46.0 Å². The van der Waals surface area contributed by atoms with Gasteiger partial charge in [0.25, 0.3) is 5.92 Å². The molecule has 0 radical (unpaired) electrons. The lowest BCUT2D eigenvalue weighted by Gasteiger charge is -2.40. The summed E-state index contributed by atoms with van der Waals surface area (Å²) >= 11 is 0.